The number of amides is 1. The summed E-state index contributed by atoms with van der Waals surface area (Å²) in [6, 6.07) is 6.82. The second kappa shape index (κ2) is 4.79. The Morgan fingerprint density at radius 1 is 1.47 bits per heavy atom. The average Bonchev–Trinajstić information content (AvgIpc) is 2.64. The lowest BCUT2D eigenvalue weighted by atomic mass is 9.97. The maximum absolute atomic E-state index is 11.8. The van der Waals surface area contributed by atoms with Gasteiger partial charge >= 0.3 is 12.1 Å². The Morgan fingerprint density at radius 2 is 2.11 bits per heavy atom. The minimum Gasteiger partial charge on any atom is -0.497 e. The van der Waals surface area contributed by atoms with E-state index in [9.17, 15) is 9.59 Å². The van der Waals surface area contributed by atoms with Gasteiger partial charge in [0.25, 0.3) is 0 Å². The van der Waals surface area contributed by atoms with Gasteiger partial charge in [-0.3, -0.25) is 9.69 Å². The molecule has 1 aromatic rings. The van der Waals surface area contributed by atoms with Gasteiger partial charge in [-0.05, 0) is 31.2 Å². The van der Waals surface area contributed by atoms with Crippen LogP contribution in [-0.4, -0.2) is 36.4 Å². The van der Waals surface area contributed by atoms with Crippen molar-refractivity contribution >= 4 is 17.7 Å². The molecule has 6 heteroatoms. The Morgan fingerprint density at radius 3 is 2.63 bits per heavy atom. The van der Waals surface area contributed by atoms with Crippen LogP contribution in [0.4, 0.5) is 10.5 Å². The molecular formula is C13H15NO5. The van der Waals surface area contributed by atoms with E-state index < -0.39 is 17.6 Å². The molecule has 1 N–H and O–H groups in total. The van der Waals surface area contributed by atoms with Crippen molar-refractivity contribution in [3.05, 3.63) is 24.3 Å². The van der Waals surface area contributed by atoms with E-state index in [1.165, 1.54) is 4.90 Å². The van der Waals surface area contributed by atoms with E-state index >= 15 is 0 Å². The van der Waals surface area contributed by atoms with Crippen molar-refractivity contribution in [2.24, 2.45) is 0 Å². The van der Waals surface area contributed by atoms with Crippen LogP contribution in [0.2, 0.25) is 0 Å². The van der Waals surface area contributed by atoms with Gasteiger partial charge in [0.1, 0.15) is 12.4 Å². The SMILES string of the molecule is COc1ccc(N2C(=O)OCC2(C)CC(=O)O)cc1. The minimum atomic E-state index is -0.973. The molecule has 6 nitrogen and oxygen atoms in total. The topological polar surface area (TPSA) is 76.1 Å². The number of cyclic esters (lactones) is 1. The van der Waals surface area contributed by atoms with Crippen molar-refractivity contribution in [1.82, 2.24) is 0 Å². The van der Waals surface area contributed by atoms with Crippen molar-refractivity contribution in [2.75, 3.05) is 18.6 Å². The molecule has 0 aliphatic carbocycles. The Labute approximate surface area is 110 Å². The molecule has 0 saturated carbocycles. The van der Waals surface area contributed by atoms with Crippen LogP contribution in [0.5, 0.6) is 5.75 Å². The second-order valence-corrected chi connectivity index (χ2v) is 4.66. The molecule has 1 unspecified atom stereocenters. The lowest BCUT2D eigenvalue weighted by Crippen LogP contribution is -2.46. The highest BCUT2D eigenvalue weighted by Gasteiger charge is 2.46. The molecular weight excluding hydrogens is 250 g/mol. The third-order valence-corrected chi connectivity index (χ3v) is 3.09. The lowest BCUT2D eigenvalue weighted by Gasteiger charge is -2.30. The molecule has 1 aromatic carbocycles. The van der Waals surface area contributed by atoms with Crippen LogP contribution in [0.3, 0.4) is 0 Å². The van der Waals surface area contributed by atoms with E-state index in [4.69, 9.17) is 14.6 Å². The Kier molecular flexibility index (Phi) is 3.33. The summed E-state index contributed by atoms with van der Waals surface area (Å²) < 4.78 is 10.0. The number of carboxylic acid groups (broad SMARTS) is 1. The van der Waals surface area contributed by atoms with Crippen LogP contribution in [0, 0.1) is 0 Å². The zero-order valence-corrected chi connectivity index (χ0v) is 10.8. The number of carboxylic acids is 1. The first-order valence-corrected chi connectivity index (χ1v) is 5.79. The molecule has 1 saturated heterocycles. The maximum atomic E-state index is 11.8. The summed E-state index contributed by atoms with van der Waals surface area (Å²) in [6.45, 7) is 1.75. The number of ether oxygens (including phenoxy) is 2. The third-order valence-electron chi connectivity index (χ3n) is 3.09. The Balaban J connectivity index is 2.32. The van der Waals surface area contributed by atoms with Crippen LogP contribution in [0.15, 0.2) is 24.3 Å². The average molecular weight is 265 g/mol. The summed E-state index contributed by atoms with van der Waals surface area (Å²) >= 11 is 0. The van der Waals surface area contributed by atoms with Gasteiger partial charge in [0.2, 0.25) is 0 Å². The van der Waals surface area contributed by atoms with E-state index in [-0.39, 0.29) is 13.0 Å². The number of carbonyl (C=O) groups excluding carboxylic acids is 1. The Bertz CT molecular complexity index is 498. The van der Waals surface area contributed by atoms with Crippen LogP contribution < -0.4 is 9.64 Å². The molecule has 0 radical (unpaired) electrons. The van der Waals surface area contributed by atoms with Gasteiger partial charge in [-0.15, -0.1) is 0 Å². The number of rotatable bonds is 4. The Hall–Kier alpha value is -2.24. The van der Waals surface area contributed by atoms with Crippen molar-refractivity contribution in [1.29, 1.82) is 0 Å². The van der Waals surface area contributed by atoms with E-state index in [1.807, 2.05) is 0 Å². The van der Waals surface area contributed by atoms with Crippen LogP contribution in [-0.2, 0) is 9.53 Å². The first-order chi connectivity index (χ1) is 8.96. The summed E-state index contributed by atoms with van der Waals surface area (Å²) in [6.07, 6.45) is -0.709. The van der Waals surface area contributed by atoms with Crippen molar-refractivity contribution in [3.8, 4) is 5.75 Å². The number of aliphatic carboxylic acids is 1. The normalized spacial score (nSPS) is 22.2. The summed E-state index contributed by atoms with van der Waals surface area (Å²) in [5, 5.41) is 8.96. The highest BCUT2D eigenvalue weighted by Crippen LogP contribution is 2.33. The largest absolute Gasteiger partial charge is 0.497 e. The van der Waals surface area contributed by atoms with Gasteiger partial charge in [-0.25, -0.2) is 4.79 Å². The monoisotopic (exact) mass is 265 g/mol. The number of hydrogen-bond donors (Lipinski definition) is 1. The van der Waals surface area contributed by atoms with Crippen LogP contribution in [0.25, 0.3) is 0 Å². The molecule has 2 rings (SSSR count). The molecule has 0 aromatic heterocycles. The van der Waals surface area contributed by atoms with E-state index in [2.05, 4.69) is 0 Å². The summed E-state index contributed by atoms with van der Waals surface area (Å²) in [4.78, 5) is 24.1. The number of anilines is 1. The fourth-order valence-corrected chi connectivity index (χ4v) is 2.17. The van der Waals surface area contributed by atoms with Gasteiger partial charge < -0.3 is 14.6 Å². The predicted molar refractivity (Wildman–Crippen MR) is 67.5 cm³/mol. The van der Waals surface area contributed by atoms with Crippen LogP contribution >= 0.6 is 0 Å². The van der Waals surface area contributed by atoms with Gasteiger partial charge in [0.05, 0.1) is 19.1 Å². The highest BCUT2D eigenvalue weighted by molar-refractivity contribution is 5.92. The zero-order valence-electron chi connectivity index (χ0n) is 10.8. The molecule has 19 heavy (non-hydrogen) atoms. The smallest absolute Gasteiger partial charge is 0.415 e. The molecule has 1 aliphatic heterocycles. The minimum absolute atomic E-state index is 0.0597. The van der Waals surface area contributed by atoms with Gasteiger partial charge in [-0.1, -0.05) is 0 Å². The molecule has 0 bridgehead atoms. The first kappa shape index (κ1) is 13.2. The number of hydrogen-bond acceptors (Lipinski definition) is 4. The van der Waals surface area contributed by atoms with Crippen molar-refractivity contribution in [2.45, 2.75) is 18.9 Å². The van der Waals surface area contributed by atoms with Gasteiger partial charge in [-0.2, -0.15) is 0 Å². The van der Waals surface area contributed by atoms with Crippen molar-refractivity contribution in [3.63, 3.8) is 0 Å². The zero-order chi connectivity index (χ0) is 14.0. The maximum Gasteiger partial charge on any atom is 0.415 e. The van der Waals surface area contributed by atoms with Gasteiger partial charge in [0.15, 0.2) is 0 Å². The number of nitrogens with zero attached hydrogens (tertiary/aromatic N) is 1. The number of methoxy groups -OCH3 is 1. The molecule has 1 amide bonds. The summed E-state index contributed by atoms with van der Waals surface area (Å²) in [5.74, 6) is -0.310. The summed E-state index contributed by atoms with van der Waals surface area (Å²) in [5.41, 5.74) is -0.288. The molecule has 0 spiro atoms. The molecule has 102 valence electrons. The van der Waals surface area contributed by atoms with Gasteiger partial charge in [0, 0.05) is 5.69 Å². The lowest BCUT2D eigenvalue weighted by molar-refractivity contribution is -0.138. The third kappa shape index (κ3) is 2.47. The fraction of sp³-hybridized carbons (Fsp3) is 0.385. The predicted octanol–water partition coefficient (Wildman–Crippen LogP) is 1.89. The molecule has 1 aliphatic rings. The second-order valence-electron chi connectivity index (χ2n) is 4.66. The fourth-order valence-electron chi connectivity index (χ4n) is 2.17. The van der Waals surface area contributed by atoms with Crippen molar-refractivity contribution < 1.29 is 24.2 Å². The molecule has 1 heterocycles. The summed E-state index contributed by atoms with van der Waals surface area (Å²) in [7, 11) is 1.55. The standard InChI is InChI=1S/C13H15NO5/c1-13(7-11(15)16)8-19-12(17)14(13)9-3-5-10(18-2)6-4-9/h3-6H,7-8H2,1-2H3,(H,15,16). The molecule has 1 fully saturated rings. The van der Waals surface area contributed by atoms with E-state index in [0.29, 0.717) is 11.4 Å². The van der Waals surface area contributed by atoms with E-state index in [0.717, 1.165) is 0 Å². The first-order valence-electron chi connectivity index (χ1n) is 5.79. The molecule has 1 atom stereocenters. The highest BCUT2D eigenvalue weighted by atomic mass is 16.6. The number of carbonyl (C=O) groups is 2. The van der Waals surface area contributed by atoms with Crippen LogP contribution in [0.1, 0.15) is 13.3 Å². The number of benzene rings is 1. The quantitative estimate of drug-likeness (QED) is 0.899. The van der Waals surface area contributed by atoms with E-state index in [1.54, 1.807) is 38.3 Å².